The van der Waals surface area contributed by atoms with E-state index in [1.165, 1.54) is 7.11 Å². The fraction of sp³-hybridized carbons (Fsp3) is 0.400. The van der Waals surface area contributed by atoms with E-state index >= 15 is 0 Å². The highest BCUT2D eigenvalue weighted by Gasteiger charge is 2.37. The highest BCUT2D eigenvalue weighted by molar-refractivity contribution is 6.34. The van der Waals surface area contributed by atoms with Gasteiger partial charge >= 0.3 is 18.2 Å². The second-order valence-corrected chi connectivity index (χ2v) is 11.4. The zero-order valence-corrected chi connectivity index (χ0v) is 24.8. The molecule has 0 aromatic heterocycles. The molecule has 1 aliphatic rings. The van der Waals surface area contributed by atoms with Gasteiger partial charge in [0.15, 0.2) is 0 Å². The topological polar surface area (TPSA) is 104 Å². The van der Waals surface area contributed by atoms with Crippen LogP contribution in [0.2, 0.25) is 5.02 Å². The van der Waals surface area contributed by atoms with Crippen molar-refractivity contribution in [2.45, 2.75) is 66.1 Å². The summed E-state index contributed by atoms with van der Waals surface area (Å²) in [7, 11) is 1.54. The molecule has 0 saturated carbocycles. The number of aliphatic imine (C=N–C) groups is 1. The Hall–Kier alpha value is -3.85. The maximum absolute atomic E-state index is 13.3. The number of nitrogens with zero attached hydrogens (tertiary/aromatic N) is 2. The predicted molar refractivity (Wildman–Crippen MR) is 154 cm³/mol. The average Bonchev–Trinajstić information content (AvgIpc) is 3.01. The predicted octanol–water partition coefficient (Wildman–Crippen LogP) is 7.57. The number of amides is 2. The van der Waals surface area contributed by atoms with Crippen LogP contribution in [0.4, 0.5) is 15.3 Å². The number of hydrogen-bond acceptors (Lipinski definition) is 8. The number of rotatable bonds is 4. The largest absolute Gasteiger partial charge is 0.495 e. The second-order valence-electron chi connectivity index (χ2n) is 11.0. The van der Waals surface area contributed by atoms with Crippen LogP contribution in [-0.2, 0) is 19.0 Å². The third kappa shape index (κ3) is 7.63. The van der Waals surface area contributed by atoms with Gasteiger partial charge in [0, 0.05) is 23.1 Å². The van der Waals surface area contributed by atoms with Crippen LogP contribution in [-0.4, -0.2) is 53.8 Å². The summed E-state index contributed by atoms with van der Waals surface area (Å²) in [6, 6.07) is 10.8. The zero-order chi connectivity index (χ0) is 29.8. The first kappa shape index (κ1) is 30.7. The van der Waals surface area contributed by atoms with Crippen molar-refractivity contribution in [2.75, 3.05) is 13.7 Å². The summed E-state index contributed by atoms with van der Waals surface area (Å²) in [6.07, 6.45) is -0.524. The summed E-state index contributed by atoms with van der Waals surface area (Å²) < 4.78 is 21.7. The molecule has 0 N–H and O–H groups in total. The lowest BCUT2D eigenvalue weighted by Gasteiger charge is -2.29. The Kier molecular flexibility index (Phi) is 9.30. The molecular formula is C30H35ClN2O7. The summed E-state index contributed by atoms with van der Waals surface area (Å²) in [5.74, 6) is -0.141. The van der Waals surface area contributed by atoms with Gasteiger partial charge in [-0.2, -0.15) is 4.90 Å². The quantitative estimate of drug-likeness (QED) is 0.276. The second kappa shape index (κ2) is 12.1. The lowest BCUT2D eigenvalue weighted by atomic mass is 10.00. The molecule has 1 aliphatic heterocycles. The number of amidine groups is 1. The molecule has 214 valence electrons. The van der Waals surface area contributed by atoms with Crippen LogP contribution in [0.25, 0.3) is 17.2 Å². The van der Waals surface area contributed by atoms with E-state index in [9.17, 15) is 14.4 Å². The van der Waals surface area contributed by atoms with Gasteiger partial charge in [0.05, 0.1) is 24.4 Å². The Bertz CT molecular complexity index is 1340. The van der Waals surface area contributed by atoms with Crippen molar-refractivity contribution in [3.63, 3.8) is 0 Å². The Morgan fingerprint density at radius 3 is 2.15 bits per heavy atom. The van der Waals surface area contributed by atoms with Crippen LogP contribution in [0.5, 0.6) is 5.75 Å². The minimum Gasteiger partial charge on any atom is -0.495 e. The molecule has 0 aliphatic carbocycles. The van der Waals surface area contributed by atoms with E-state index in [1.807, 2.05) is 18.2 Å². The van der Waals surface area contributed by atoms with Crippen LogP contribution in [0.3, 0.4) is 0 Å². The highest BCUT2D eigenvalue weighted by Crippen LogP contribution is 2.38. The molecule has 2 amide bonds. The first-order valence-electron chi connectivity index (χ1n) is 12.8. The number of carbonyl (C=O) groups excluding carboxylic acids is 3. The molecule has 10 heteroatoms. The van der Waals surface area contributed by atoms with Crippen LogP contribution in [0.15, 0.2) is 47.0 Å². The van der Waals surface area contributed by atoms with Crippen molar-refractivity contribution >= 4 is 47.4 Å². The lowest BCUT2D eigenvalue weighted by molar-refractivity contribution is -0.138. The molecule has 0 atom stereocenters. The molecule has 0 bridgehead atoms. The van der Waals surface area contributed by atoms with Gasteiger partial charge in [-0.15, -0.1) is 0 Å². The number of methoxy groups -OCH3 is 1. The number of benzene rings is 2. The minimum atomic E-state index is -0.980. The number of hydrogen-bond donors (Lipinski definition) is 0. The molecule has 0 spiro atoms. The van der Waals surface area contributed by atoms with Crippen molar-refractivity contribution in [3.8, 4) is 16.9 Å². The number of ether oxygens (including phenoxy) is 4. The van der Waals surface area contributed by atoms with E-state index < -0.39 is 29.4 Å². The summed E-state index contributed by atoms with van der Waals surface area (Å²) in [5, 5.41) is 0.429. The molecule has 2 aromatic carbocycles. The summed E-state index contributed by atoms with van der Waals surface area (Å²) >= 11 is 6.57. The third-order valence-corrected chi connectivity index (χ3v) is 5.79. The molecule has 2 aromatic rings. The van der Waals surface area contributed by atoms with E-state index in [4.69, 9.17) is 30.5 Å². The third-order valence-electron chi connectivity index (χ3n) is 5.40. The van der Waals surface area contributed by atoms with Gasteiger partial charge in [-0.1, -0.05) is 29.8 Å². The maximum atomic E-state index is 13.3. The highest BCUT2D eigenvalue weighted by atomic mass is 35.5. The van der Waals surface area contributed by atoms with Gasteiger partial charge in [0.2, 0.25) is 0 Å². The maximum Gasteiger partial charge on any atom is 0.425 e. The number of esters is 1. The van der Waals surface area contributed by atoms with Crippen LogP contribution < -0.4 is 4.74 Å². The molecule has 3 rings (SSSR count). The van der Waals surface area contributed by atoms with Crippen molar-refractivity contribution in [1.29, 1.82) is 0 Å². The van der Waals surface area contributed by atoms with Crippen molar-refractivity contribution in [3.05, 3.63) is 52.6 Å². The van der Waals surface area contributed by atoms with Gasteiger partial charge in [-0.3, -0.25) is 0 Å². The van der Waals surface area contributed by atoms with Gasteiger partial charge in [0.1, 0.15) is 22.8 Å². The average molecular weight is 571 g/mol. The van der Waals surface area contributed by atoms with E-state index in [0.29, 0.717) is 27.6 Å². The normalized spacial score (nSPS) is 13.2. The van der Waals surface area contributed by atoms with E-state index in [-0.39, 0.29) is 24.4 Å². The molecule has 0 unspecified atom stereocenters. The Balaban J connectivity index is 2.20. The van der Waals surface area contributed by atoms with Crippen molar-refractivity contribution in [2.24, 2.45) is 4.99 Å². The number of imide groups is 1. The van der Waals surface area contributed by atoms with E-state index in [1.54, 1.807) is 72.7 Å². The molecule has 0 radical (unpaired) electrons. The Morgan fingerprint density at radius 2 is 1.60 bits per heavy atom. The summed E-state index contributed by atoms with van der Waals surface area (Å²) in [5.41, 5.74) is 0.794. The monoisotopic (exact) mass is 570 g/mol. The molecule has 0 fully saturated rings. The summed E-state index contributed by atoms with van der Waals surface area (Å²) in [4.78, 5) is 45.0. The smallest absolute Gasteiger partial charge is 0.425 e. The standard InChI is InChI=1S/C30H35ClN2O7/c1-9-38-26(34)20-16-19-15-18(21-11-10-12-23(37-8)25(21)31)13-14-22(19)32-24(17-20)33(27(35)39-29(2,3)4)28(36)40-30(5,6)7/h10-16H,9,17H2,1-8H3. The van der Waals surface area contributed by atoms with Crippen LogP contribution >= 0.6 is 11.6 Å². The number of carbonyl (C=O) groups is 3. The molecule has 40 heavy (non-hydrogen) atoms. The number of fused-ring (bicyclic) bond motifs is 1. The Labute approximate surface area is 239 Å². The first-order chi connectivity index (χ1) is 18.6. The zero-order valence-electron chi connectivity index (χ0n) is 24.1. The number of halogens is 1. The summed E-state index contributed by atoms with van der Waals surface area (Å²) in [6.45, 7) is 11.9. The molecule has 1 heterocycles. The lowest BCUT2D eigenvalue weighted by Crippen LogP contribution is -2.47. The fourth-order valence-electron chi connectivity index (χ4n) is 3.80. The molecular weight excluding hydrogens is 536 g/mol. The minimum absolute atomic E-state index is 0.0475. The molecule has 9 nitrogen and oxygen atoms in total. The van der Waals surface area contributed by atoms with Crippen molar-refractivity contribution in [1.82, 2.24) is 4.90 Å². The first-order valence-corrected chi connectivity index (χ1v) is 13.2. The van der Waals surface area contributed by atoms with Crippen LogP contribution in [0.1, 0.15) is 60.5 Å². The van der Waals surface area contributed by atoms with Gasteiger partial charge in [0.25, 0.3) is 0 Å². The van der Waals surface area contributed by atoms with Gasteiger partial charge < -0.3 is 18.9 Å². The van der Waals surface area contributed by atoms with Gasteiger partial charge in [-0.25, -0.2) is 19.4 Å². The molecule has 0 saturated heterocycles. The van der Waals surface area contributed by atoms with E-state index in [0.717, 1.165) is 10.5 Å². The Morgan fingerprint density at radius 1 is 0.975 bits per heavy atom. The van der Waals surface area contributed by atoms with Crippen LogP contribution in [0, 0.1) is 0 Å². The van der Waals surface area contributed by atoms with Crippen molar-refractivity contribution < 1.29 is 33.3 Å². The van der Waals surface area contributed by atoms with E-state index in [2.05, 4.69) is 4.99 Å². The van der Waals surface area contributed by atoms with Gasteiger partial charge in [-0.05, 0) is 78.3 Å². The fourth-order valence-corrected chi connectivity index (χ4v) is 4.12. The SMILES string of the molecule is CCOC(=O)C1=Cc2cc(-c3cccc(OC)c3Cl)ccc2N=C(N(C(=O)OC(C)(C)C)C(=O)OC(C)(C)C)C1.